The van der Waals surface area contributed by atoms with Gasteiger partial charge in [-0.1, -0.05) is 48.9 Å². The van der Waals surface area contributed by atoms with E-state index in [1.54, 1.807) is 30.9 Å². The van der Waals surface area contributed by atoms with Crippen LogP contribution in [0.25, 0.3) is 0 Å². The van der Waals surface area contributed by atoms with Gasteiger partial charge < -0.3 is 9.84 Å². The van der Waals surface area contributed by atoms with Gasteiger partial charge in [0.25, 0.3) is 0 Å². The summed E-state index contributed by atoms with van der Waals surface area (Å²) >= 11 is 3.46. The summed E-state index contributed by atoms with van der Waals surface area (Å²) in [7, 11) is 1.47. The van der Waals surface area contributed by atoms with Gasteiger partial charge >= 0.3 is 0 Å². The van der Waals surface area contributed by atoms with Crippen molar-refractivity contribution >= 4 is 39.3 Å². The molecule has 1 N–H and O–H groups in total. The van der Waals surface area contributed by atoms with Crippen LogP contribution in [0.1, 0.15) is 63.5 Å². The normalized spacial score (nSPS) is 31.5. The molecular formula is C38H41BrN2O6. The van der Waals surface area contributed by atoms with Crippen LogP contribution in [0.2, 0.25) is 0 Å². The minimum absolute atomic E-state index is 0.0528. The molecule has 1 saturated carbocycles. The summed E-state index contributed by atoms with van der Waals surface area (Å²) in [5.74, 6) is -2.80. The van der Waals surface area contributed by atoms with Crippen molar-refractivity contribution in [3.8, 4) is 11.5 Å². The van der Waals surface area contributed by atoms with E-state index in [0.29, 0.717) is 28.5 Å². The molecule has 47 heavy (non-hydrogen) atoms. The highest BCUT2D eigenvalue weighted by atomic mass is 79.9. The first-order chi connectivity index (χ1) is 22.5. The number of piperidine rings is 1. The zero-order valence-corrected chi connectivity index (χ0v) is 28.9. The number of benzene rings is 2. The number of fused-ring (bicyclic) bond motifs is 4. The third-order valence-electron chi connectivity index (χ3n) is 12.0. The van der Waals surface area contributed by atoms with Crippen molar-refractivity contribution in [1.29, 1.82) is 0 Å². The number of imide groups is 1. The van der Waals surface area contributed by atoms with Gasteiger partial charge in [-0.2, -0.15) is 0 Å². The maximum Gasteiger partial charge on any atom is 0.233 e. The van der Waals surface area contributed by atoms with Gasteiger partial charge in [-0.05, 0) is 95.8 Å². The van der Waals surface area contributed by atoms with E-state index < -0.39 is 29.1 Å². The molecule has 0 bridgehead atoms. The molecule has 5 aliphatic rings. The number of allylic oxidation sites excluding steroid dienone is 4. The number of rotatable bonds is 5. The third kappa shape index (κ3) is 4.87. The van der Waals surface area contributed by atoms with Crippen LogP contribution < -0.4 is 4.74 Å². The number of amides is 2. The van der Waals surface area contributed by atoms with Gasteiger partial charge in [-0.25, -0.2) is 0 Å². The van der Waals surface area contributed by atoms with Crippen LogP contribution in [0.3, 0.4) is 0 Å². The summed E-state index contributed by atoms with van der Waals surface area (Å²) in [6, 6.07) is 13.7. The van der Waals surface area contributed by atoms with Gasteiger partial charge in [-0.15, -0.1) is 0 Å². The number of Topliss-reactive ketones (excluding diaryl/α,β-unsaturated/α-hetero) is 2. The smallest absolute Gasteiger partial charge is 0.233 e. The molecule has 2 heterocycles. The van der Waals surface area contributed by atoms with E-state index in [2.05, 4.69) is 39.0 Å². The Morgan fingerprint density at radius 2 is 1.68 bits per heavy atom. The summed E-state index contributed by atoms with van der Waals surface area (Å²) in [5.41, 5.74) is 2.73. The predicted octanol–water partition coefficient (Wildman–Crippen LogP) is 5.97. The number of methoxy groups -OCH3 is 1. The first-order valence-corrected chi connectivity index (χ1v) is 17.4. The average Bonchev–Trinajstić information content (AvgIpc) is 3.33. The van der Waals surface area contributed by atoms with Crippen molar-refractivity contribution in [2.45, 2.75) is 65.0 Å². The van der Waals surface area contributed by atoms with E-state index in [-0.39, 0.29) is 46.8 Å². The molecule has 2 aromatic rings. The molecule has 2 saturated heterocycles. The first-order valence-electron chi connectivity index (χ1n) is 16.6. The lowest BCUT2D eigenvalue weighted by Gasteiger charge is -2.54. The summed E-state index contributed by atoms with van der Waals surface area (Å²) in [6.07, 6.45) is 4.29. The van der Waals surface area contributed by atoms with Crippen molar-refractivity contribution in [1.82, 2.24) is 9.80 Å². The molecule has 6 atom stereocenters. The number of hydrogen-bond donors (Lipinski definition) is 1. The molecule has 2 aliphatic heterocycles. The molecule has 2 amide bonds. The Bertz CT molecular complexity index is 1740. The fraction of sp³-hybridized carbons (Fsp3) is 0.474. The van der Waals surface area contributed by atoms with Crippen molar-refractivity contribution < 1.29 is 29.0 Å². The number of phenols is 1. The van der Waals surface area contributed by atoms with Crippen LogP contribution in [0.15, 0.2) is 69.7 Å². The Morgan fingerprint density at radius 3 is 2.36 bits per heavy atom. The van der Waals surface area contributed by atoms with Crippen LogP contribution in [-0.2, 0) is 25.7 Å². The number of carbonyl (C=O) groups is 4. The number of ketones is 2. The van der Waals surface area contributed by atoms with Crippen molar-refractivity contribution in [2.75, 3.05) is 20.2 Å². The molecule has 0 aromatic heterocycles. The molecule has 246 valence electrons. The van der Waals surface area contributed by atoms with E-state index in [1.165, 1.54) is 12.7 Å². The molecule has 0 radical (unpaired) electrons. The second-order valence-electron chi connectivity index (χ2n) is 14.2. The summed E-state index contributed by atoms with van der Waals surface area (Å²) in [5, 5.41) is 10.6. The maximum absolute atomic E-state index is 14.5. The number of halogens is 1. The van der Waals surface area contributed by atoms with Crippen molar-refractivity contribution in [3.05, 3.63) is 80.9 Å². The Balaban J connectivity index is 1.23. The molecule has 3 fully saturated rings. The van der Waals surface area contributed by atoms with Crippen LogP contribution >= 0.6 is 15.9 Å². The van der Waals surface area contributed by atoms with Gasteiger partial charge in [0, 0.05) is 37.5 Å². The lowest BCUT2D eigenvalue weighted by Crippen LogP contribution is -2.55. The lowest BCUT2D eigenvalue weighted by atomic mass is 9.46. The fourth-order valence-corrected chi connectivity index (χ4v) is 9.90. The molecule has 3 aliphatic carbocycles. The topological polar surface area (TPSA) is 104 Å². The highest BCUT2D eigenvalue weighted by Crippen LogP contribution is 2.63. The standard InChI is InChI=1S/C38H41BrN2O6/c1-20-21(2)35(44)38(3)28(33(20)42)18-27-25(32(38)23-16-29(39)34(43)30(17-23)47-4)10-11-26-31(27)37(46)41(36(26)45)24-12-14-40(15-13-24)19-22-8-6-5-7-9-22/h5-10,16-17,24,26-28,31-32,43H,11-15,18-19H2,1-4H3/t26-,27+,28-,31-,32-,38+/m0/s1. The Morgan fingerprint density at radius 1 is 0.979 bits per heavy atom. The average molecular weight is 702 g/mol. The molecular weight excluding hydrogens is 660 g/mol. The number of phenolic OH excluding ortho intramolecular Hbond substituents is 1. The maximum atomic E-state index is 14.5. The minimum Gasteiger partial charge on any atom is -0.503 e. The van der Waals surface area contributed by atoms with E-state index >= 15 is 0 Å². The highest BCUT2D eigenvalue weighted by Gasteiger charge is 2.64. The van der Waals surface area contributed by atoms with E-state index in [9.17, 15) is 24.3 Å². The minimum atomic E-state index is -1.10. The van der Waals surface area contributed by atoms with Gasteiger partial charge in [0.2, 0.25) is 11.8 Å². The van der Waals surface area contributed by atoms with Gasteiger partial charge in [0.15, 0.2) is 23.1 Å². The van der Waals surface area contributed by atoms with Gasteiger partial charge in [0.1, 0.15) is 0 Å². The van der Waals surface area contributed by atoms with Gasteiger partial charge in [-0.3, -0.25) is 29.0 Å². The fourth-order valence-electron chi connectivity index (χ4n) is 9.44. The summed E-state index contributed by atoms with van der Waals surface area (Å²) < 4.78 is 5.92. The number of ether oxygens (including phenoxy) is 1. The number of likely N-dealkylation sites (tertiary alicyclic amines) is 2. The molecule has 7 rings (SSSR count). The van der Waals surface area contributed by atoms with Crippen molar-refractivity contribution in [3.63, 3.8) is 0 Å². The van der Waals surface area contributed by atoms with E-state index in [4.69, 9.17) is 4.74 Å². The summed E-state index contributed by atoms with van der Waals surface area (Å²) in [6.45, 7) is 7.78. The van der Waals surface area contributed by atoms with Crippen LogP contribution in [0.4, 0.5) is 0 Å². The second kappa shape index (κ2) is 11.8. The quantitative estimate of drug-likeness (QED) is 0.303. The molecule has 0 spiro atoms. The Labute approximate surface area is 284 Å². The second-order valence-corrected chi connectivity index (χ2v) is 15.1. The summed E-state index contributed by atoms with van der Waals surface area (Å²) in [4.78, 5) is 60.8. The zero-order chi connectivity index (χ0) is 33.4. The molecule has 9 heteroatoms. The van der Waals surface area contributed by atoms with Gasteiger partial charge in [0.05, 0.1) is 28.8 Å². The van der Waals surface area contributed by atoms with Crippen molar-refractivity contribution in [2.24, 2.45) is 29.1 Å². The number of nitrogens with zero attached hydrogens (tertiary/aromatic N) is 2. The largest absolute Gasteiger partial charge is 0.503 e. The monoisotopic (exact) mass is 700 g/mol. The van der Waals surface area contributed by atoms with E-state index in [1.807, 2.05) is 25.1 Å². The molecule has 8 nitrogen and oxygen atoms in total. The Hall–Kier alpha value is -3.56. The lowest BCUT2D eigenvalue weighted by molar-refractivity contribution is -0.145. The SMILES string of the molecule is COc1cc([C@H]2C3=CC[C@@H]4C(=O)N(C5CCN(Cc6ccccc6)CC5)C(=O)[C@@H]4[C@@H]3C[C@H]3C(=O)C(C)=C(C)C(=O)[C@@]23C)cc(Br)c1O. The Kier molecular flexibility index (Phi) is 8.07. The molecule has 0 unspecified atom stereocenters. The highest BCUT2D eigenvalue weighted by molar-refractivity contribution is 9.10. The van der Waals surface area contributed by atoms with E-state index in [0.717, 1.165) is 43.6 Å². The van der Waals surface area contributed by atoms with Crippen LogP contribution in [0, 0.1) is 29.1 Å². The number of aromatic hydroxyl groups is 1. The third-order valence-corrected chi connectivity index (χ3v) is 12.6. The number of carbonyl (C=O) groups excluding carboxylic acids is 4. The molecule has 2 aromatic carbocycles. The zero-order valence-electron chi connectivity index (χ0n) is 27.3. The predicted molar refractivity (Wildman–Crippen MR) is 179 cm³/mol. The van der Waals surface area contributed by atoms with Crippen LogP contribution in [-0.4, -0.2) is 64.5 Å². The van der Waals surface area contributed by atoms with Crippen LogP contribution in [0.5, 0.6) is 11.5 Å². The first kappa shape index (κ1) is 32.0. The number of hydrogen-bond acceptors (Lipinski definition) is 7.